The molecule has 4 rings (SSSR count). The number of aryl methyl sites for hydroxylation is 2. The molecule has 1 amide bonds. The summed E-state index contributed by atoms with van der Waals surface area (Å²) < 4.78 is 12.1. The molecular weight excluding hydrogens is 396 g/mol. The normalized spacial score (nSPS) is 11.1. The number of hydrogen-bond donors (Lipinski definition) is 2. The van der Waals surface area contributed by atoms with Gasteiger partial charge in [0.05, 0.1) is 26.1 Å². The monoisotopic (exact) mass is 420 g/mol. The lowest BCUT2D eigenvalue weighted by atomic mass is 10.1. The highest BCUT2D eigenvalue weighted by Crippen LogP contribution is 2.34. The molecule has 0 spiro atoms. The number of carbonyl (C=O) groups excluding carboxylic acids is 1. The first-order valence-corrected chi connectivity index (χ1v) is 10.1. The summed E-state index contributed by atoms with van der Waals surface area (Å²) in [6.45, 7) is 2.30. The third-order valence-electron chi connectivity index (χ3n) is 5.30. The Morgan fingerprint density at radius 3 is 2.52 bits per heavy atom. The molecule has 8 nitrogen and oxygen atoms in total. The Balaban J connectivity index is 1.55. The molecule has 0 aliphatic carbocycles. The number of carbonyl (C=O) groups is 1. The Hall–Kier alpha value is -3.81. The van der Waals surface area contributed by atoms with Crippen LogP contribution in [0.25, 0.3) is 21.9 Å². The molecule has 0 aliphatic heterocycles. The molecule has 2 heterocycles. The third kappa shape index (κ3) is 3.96. The molecule has 0 unspecified atom stereocenters. The number of anilines is 1. The Bertz CT molecular complexity index is 1310. The quantitative estimate of drug-likeness (QED) is 0.477. The van der Waals surface area contributed by atoms with E-state index in [0.717, 1.165) is 23.0 Å². The van der Waals surface area contributed by atoms with E-state index in [0.29, 0.717) is 22.5 Å². The number of rotatable bonds is 7. The summed E-state index contributed by atoms with van der Waals surface area (Å²) in [5.41, 5.74) is 3.36. The van der Waals surface area contributed by atoms with Crippen molar-refractivity contribution in [3.05, 3.63) is 58.6 Å². The van der Waals surface area contributed by atoms with Gasteiger partial charge in [0.15, 0.2) is 11.5 Å². The van der Waals surface area contributed by atoms with Crippen LogP contribution in [0.3, 0.4) is 0 Å². The number of aromatic amines is 1. The van der Waals surface area contributed by atoms with Crippen molar-refractivity contribution in [2.45, 2.75) is 26.3 Å². The highest BCUT2D eigenvalue weighted by molar-refractivity contribution is 6.05. The van der Waals surface area contributed by atoms with E-state index in [1.54, 1.807) is 26.4 Å². The van der Waals surface area contributed by atoms with Crippen LogP contribution in [0.1, 0.15) is 18.9 Å². The molecule has 0 radical (unpaired) electrons. The van der Waals surface area contributed by atoms with Crippen molar-refractivity contribution in [2.75, 3.05) is 19.5 Å². The van der Waals surface area contributed by atoms with Crippen molar-refractivity contribution < 1.29 is 14.3 Å². The predicted molar refractivity (Wildman–Crippen MR) is 120 cm³/mol. The Morgan fingerprint density at radius 1 is 1.13 bits per heavy atom. The van der Waals surface area contributed by atoms with Crippen LogP contribution >= 0.6 is 0 Å². The molecule has 0 bridgehead atoms. The predicted octanol–water partition coefficient (Wildman–Crippen LogP) is 3.49. The molecule has 2 N–H and O–H groups in total. The molecule has 31 heavy (non-hydrogen) atoms. The maximum atomic E-state index is 12.9. The maximum Gasteiger partial charge on any atom is 0.277 e. The summed E-state index contributed by atoms with van der Waals surface area (Å²) in [4.78, 5) is 32.8. The van der Waals surface area contributed by atoms with E-state index >= 15 is 0 Å². The Labute approximate surface area is 178 Å². The van der Waals surface area contributed by atoms with E-state index < -0.39 is 0 Å². The number of H-pyrrole nitrogens is 1. The van der Waals surface area contributed by atoms with Gasteiger partial charge in [-0.2, -0.15) is 0 Å². The zero-order valence-electron chi connectivity index (χ0n) is 17.7. The van der Waals surface area contributed by atoms with Gasteiger partial charge in [0.25, 0.3) is 5.56 Å². The van der Waals surface area contributed by atoms with Crippen molar-refractivity contribution in [2.24, 2.45) is 0 Å². The minimum Gasteiger partial charge on any atom is -0.493 e. The smallest absolute Gasteiger partial charge is 0.277 e. The van der Waals surface area contributed by atoms with Crippen LogP contribution in [0, 0.1) is 0 Å². The van der Waals surface area contributed by atoms with E-state index in [2.05, 4.69) is 22.2 Å². The molecule has 0 aliphatic rings. The van der Waals surface area contributed by atoms with Gasteiger partial charge in [0.1, 0.15) is 11.0 Å². The zero-order valence-corrected chi connectivity index (χ0v) is 17.7. The SMILES string of the molecule is CCc1ccc(NC(=O)CCn2cnc3c([nH]c4cc(OC)c(OC)cc43)c2=O)cc1. The number of nitrogens with zero attached hydrogens (tertiary/aromatic N) is 2. The average Bonchev–Trinajstić information content (AvgIpc) is 3.16. The molecule has 8 heteroatoms. The highest BCUT2D eigenvalue weighted by Gasteiger charge is 2.15. The van der Waals surface area contributed by atoms with Crippen LogP contribution < -0.4 is 20.3 Å². The summed E-state index contributed by atoms with van der Waals surface area (Å²) in [5.74, 6) is 0.957. The van der Waals surface area contributed by atoms with Crippen LogP contribution in [0.5, 0.6) is 11.5 Å². The van der Waals surface area contributed by atoms with Crippen molar-refractivity contribution in [3.8, 4) is 11.5 Å². The summed E-state index contributed by atoms with van der Waals surface area (Å²) >= 11 is 0. The van der Waals surface area contributed by atoms with E-state index in [-0.39, 0.29) is 24.4 Å². The molecule has 0 atom stereocenters. The van der Waals surface area contributed by atoms with E-state index in [9.17, 15) is 9.59 Å². The topological polar surface area (TPSA) is 98.2 Å². The van der Waals surface area contributed by atoms with Gasteiger partial charge in [-0.3, -0.25) is 14.2 Å². The maximum absolute atomic E-state index is 12.9. The van der Waals surface area contributed by atoms with Gasteiger partial charge in [-0.15, -0.1) is 0 Å². The molecule has 4 aromatic rings. The van der Waals surface area contributed by atoms with Gasteiger partial charge in [0.2, 0.25) is 5.91 Å². The zero-order chi connectivity index (χ0) is 22.0. The van der Waals surface area contributed by atoms with Crippen molar-refractivity contribution in [1.29, 1.82) is 0 Å². The minimum atomic E-state index is -0.237. The number of nitrogens with one attached hydrogen (secondary N) is 2. The number of methoxy groups -OCH3 is 2. The second-order valence-electron chi connectivity index (χ2n) is 7.19. The third-order valence-corrected chi connectivity index (χ3v) is 5.30. The minimum absolute atomic E-state index is 0.157. The van der Waals surface area contributed by atoms with Gasteiger partial charge in [-0.1, -0.05) is 19.1 Å². The Kier molecular flexibility index (Phi) is 5.62. The fraction of sp³-hybridized carbons (Fsp3) is 0.261. The fourth-order valence-corrected chi connectivity index (χ4v) is 3.55. The van der Waals surface area contributed by atoms with Crippen LogP contribution in [0.2, 0.25) is 0 Å². The molecular formula is C23H24N4O4. The summed E-state index contributed by atoms with van der Waals surface area (Å²) in [6.07, 6.45) is 2.57. The summed E-state index contributed by atoms with van der Waals surface area (Å²) in [5, 5.41) is 3.63. The summed E-state index contributed by atoms with van der Waals surface area (Å²) in [6, 6.07) is 11.3. The standard InChI is InChI=1S/C23H24N4O4/c1-4-14-5-7-15(8-6-14)25-20(28)9-10-27-13-24-21-16-11-18(30-2)19(31-3)12-17(16)26-22(21)23(27)29/h5-8,11-13,26H,4,9-10H2,1-3H3,(H,25,28). The first kappa shape index (κ1) is 20.5. The molecule has 2 aromatic heterocycles. The molecule has 0 saturated heterocycles. The first-order chi connectivity index (χ1) is 15.0. The van der Waals surface area contributed by atoms with Gasteiger partial charge in [-0.05, 0) is 30.2 Å². The number of hydrogen-bond acceptors (Lipinski definition) is 5. The number of amides is 1. The lowest BCUT2D eigenvalue weighted by Crippen LogP contribution is -2.23. The van der Waals surface area contributed by atoms with Crippen molar-refractivity contribution >= 4 is 33.5 Å². The van der Waals surface area contributed by atoms with Gasteiger partial charge in [-0.25, -0.2) is 4.98 Å². The van der Waals surface area contributed by atoms with E-state index in [4.69, 9.17) is 9.47 Å². The molecule has 2 aromatic carbocycles. The largest absolute Gasteiger partial charge is 0.493 e. The Morgan fingerprint density at radius 2 is 1.84 bits per heavy atom. The summed E-state index contributed by atoms with van der Waals surface area (Å²) in [7, 11) is 3.11. The molecule has 160 valence electrons. The number of benzene rings is 2. The van der Waals surface area contributed by atoms with Crippen LogP contribution in [0.15, 0.2) is 47.5 Å². The average molecular weight is 420 g/mol. The first-order valence-electron chi connectivity index (χ1n) is 10.1. The van der Waals surface area contributed by atoms with Crippen LogP contribution in [0.4, 0.5) is 5.69 Å². The second kappa shape index (κ2) is 8.51. The second-order valence-corrected chi connectivity index (χ2v) is 7.19. The number of fused-ring (bicyclic) bond motifs is 3. The number of ether oxygens (including phenoxy) is 2. The molecule has 0 fully saturated rings. The lowest BCUT2D eigenvalue weighted by molar-refractivity contribution is -0.116. The lowest BCUT2D eigenvalue weighted by Gasteiger charge is -2.08. The van der Waals surface area contributed by atoms with Crippen molar-refractivity contribution in [1.82, 2.24) is 14.5 Å². The molecule has 0 saturated carbocycles. The fourth-order valence-electron chi connectivity index (χ4n) is 3.55. The van der Waals surface area contributed by atoms with Crippen molar-refractivity contribution in [3.63, 3.8) is 0 Å². The van der Waals surface area contributed by atoms with Crippen LogP contribution in [-0.2, 0) is 17.8 Å². The van der Waals surface area contributed by atoms with Crippen LogP contribution in [-0.4, -0.2) is 34.7 Å². The van der Waals surface area contributed by atoms with Gasteiger partial charge in [0, 0.05) is 30.1 Å². The van der Waals surface area contributed by atoms with Gasteiger partial charge < -0.3 is 19.8 Å². The van der Waals surface area contributed by atoms with Gasteiger partial charge >= 0.3 is 0 Å². The van der Waals surface area contributed by atoms with E-state index in [1.807, 2.05) is 24.3 Å². The van der Waals surface area contributed by atoms with E-state index in [1.165, 1.54) is 16.5 Å². The number of aromatic nitrogens is 3. The highest BCUT2D eigenvalue weighted by atomic mass is 16.5.